The van der Waals surface area contributed by atoms with Crippen LogP contribution in [0, 0.1) is 11.6 Å². The molecule has 1 rings (SSSR count). The van der Waals surface area contributed by atoms with Crippen LogP contribution < -0.4 is 10.5 Å². The Balaban J connectivity index is 2.93. The molecule has 1 aromatic carbocycles. The van der Waals surface area contributed by atoms with Gasteiger partial charge in [-0.15, -0.1) is 0 Å². The number of methoxy groups -OCH3 is 1. The monoisotopic (exact) mass is 215 g/mol. The fourth-order valence-electron chi connectivity index (χ4n) is 1.38. The molecule has 0 saturated carbocycles. The van der Waals surface area contributed by atoms with Crippen LogP contribution in [-0.4, -0.2) is 13.2 Å². The summed E-state index contributed by atoms with van der Waals surface area (Å²) in [4.78, 5) is 0. The van der Waals surface area contributed by atoms with Gasteiger partial charge in [0.15, 0.2) is 0 Å². The molecule has 0 aliphatic carbocycles. The lowest BCUT2D eigenvalue weighted by molar-refractivity contribution is 0.398. The minimum absolute atomic E-state index is 0.0147. The minimum Gasteiger partial charge on any atom is -0.496 e. The predicted molar refractivity (Wildman–Crippen MR) is 54.9 cm³/mol. The number of hydrogen-bond acceptors (Lipinski definition) is 2. The Morgan fingerprint density at radius 3 is 2.60 bits per heavy atom. The Kier molecular flexibility index (Phi) is 4.03. The summed E-state index contributed by atoms with van der Waals surface area (Å²) in [5.74, 6) is -0.963. The zero-order valence-electron chi connectivity index (χ0n) is 8.89. The second kappa shape index (κ2) is 5.07. The molecule has 4 heteroatoms. The number of ether oxygens (including phenoxy) is 1. The van der Waals surface area contributed by atoms with Crippen LogP contribution in [0.15, 0.2) is 12.1 Å². The van der Waals surface area contributed by atoms with Crippen LogP contribution in [0.3, 0.4) is 0 Å². The van der Waals surface area contributed by atoms with Crippen molar-refractivity contribution in [2.75, 3.05) is 7.11 Å². The Labute approximate surface area is 88.0 Å². The maximum absolute atomic E-state index is 13.4. The molecule has 0 aromatic heterocycles. The van der Waals surface area contributed by atoms with Crippen molar-refractivity contribution >= 4 is 0 Å². The standard InChI is InChI=1S/C11H15F2NO/c1-7(14)3-4-9-10(13)5-8(12)6-11(9)15-2/h5-7H,3-4,14H2,1-2H3/t7-/m0/s1. The van der Waals surface area contributed by atoms with Gasteiger partial charge < -0.3 is 10.5 Å². The van der Waals surface area contributed by atoms with Crippen LogP contribution in [0.2, 0.25) is 0 Å². The van der Waals surface area contributed by atoms with Crippen molar-refractivity contribution in [1.29, 1.82) is 0 Å². The molecule has 0 saturated heterocycles. The van der Waals surface area contributed by atoms with Gasteiger partial charge in [0.05, 0.1) is 7.11 Å². The fraction of sp³-hybridized carbons (Fsp3) is 0.455. The third-order valence-corrected chi connectivity index (χ3v) is 2.19. The number of nitrogens with two attached hydrogens (primary N) is 1. The Bertz CT molecular complexity index is 340. The third kappa shape index (κ3) is 3.16. The summed E-state index contributed by atoms with van der Waals surface area (Å²) < 4.78 is 31.2. The van der Waals surface area contributed by atoms with E-state index in [-0.39, 0.29) is 11.8 Å². The molecule has 0 fully saturated rings. The molecule has 15 heavy (non-hydrogen) atoms. The normalized spacial score (nSPS) is 12.6. The predicted octanol–water partition coefficient (Wildman–Crippen LogP) is 2.25. The van der Waals surface area contributed by atoms with E-state index in [0.717, 1.165) is 6.07 Å². The van der Waals surface area contributed by atoms with E-state index >= 15 is 0 Å². The average Bonchev–Trinajstić information content (AvgIpc) is 2.14. The first-order chi connectivity index (χ1) is 7.04. The van der Waals surface area contributed by atoms with Crippen LogP contribution in [0.1, 0.15) is 18.9 Å². The molecule has 0 heterocycles. The molecule has 2 N–H and O–H groups in total. The molecule has 0 amide bonds. The van der Waals surface area contributed by atoms with Crippen molar-refractivity contribution in [3.63, 3.8) is 0 Å². The van der Waals surface area contributed by atoms with E-state index < -0.39 is 11.6 Å². The van der Waals surface area contributed by atoms with E-state index in [9.17, 15) is 8.78 Å². The van der Waals surface area contributed by atoms with E-state index in [1.54, 1.807) is 0 Å². The summed E-state index contributed by atoms with van der Waals surface area (Å²) in [5, 5.41) is 0. The van der Waals surface area contributed by atoms with E-state index in [2.05, 4.69) is 0 Å². The molecule has 0 radical (unpaired) electrons. The summed E-state index contributed by atoms with van der Waals surface area (Å²) in [5.41, 5.74) is 5.96. The molecule has 1 aromatic rings. The second-order valence-electron chi connectivity index (χ2n) is 3.58. The van der Waals surface area contributed by atoms with Crippen LogP contribution in [0.5, 0.6) is 5.75 Å². The lowest BCUT2D eigenvalue weighted by Gasteiger charge is -2.11. The summed E-state index contributed by atoms with van der Waals surface area (Å²) in [6.07, 6.45) is 1.09. The Hall–Kier alpha value is -1.16. The largest absolute Gasteiger partial charge is 0.496 e. The SMILES string of the molecule is COc1cc(F)cc(F)c1CC[C@H](C)N. The lowest BCUT2D eigenvalue weighted by Crippen LogP contribution is -2.16. The smallest absolute Gasteiger partial charge is 0.133 e. The first-order valence-electron chi connectivity index (χ1n) is 4.82. The van der Waals surface area contributed by atoms with Crippen molar-refractivity contribution in [2.45, 2.75) is 25.8 Å². The molecular weight excluding hydrogens is 200 g/mol. The average molecular weight is 215 g/mol. The van der Waals surface area contributed by atoms with Crippen molar-refractivity contribution in [1.82, 2.24) is 0 Å². The summed E-state index contributed by atoms with van der Waals surface area (Å²) >= 11 is 0. The highest BCUT2D eigenvalue weighted by molar-refractivity contribution is 5.35. The quantitative estimate of drug-likeness (QED) is 0.836. The van der Waals surface area contributed by atoms with Gasteiger partial charge >= 0.3 is 0 Å². The van der Waals surface area contributed by atoms with Gasteiger partial charge in [-0.3, -0.25) is 0 Å². The highest BCUT2D eigenvalue weighted by atomic mass is 19.1. The van der Waals surface area contributed by atoms with Crippen LogP contribution in [-0.2, 0) is 6.42 Å². The number of hydrogen-bond donors (Lipinski definition) is 1. The van der Waals surface area contributed by atoms with Crippen molar-refractivity contribution in [3.05, 3.63) is 29.3 Å². The van der Waals surface area contributed by atoms with E-state index in [4.69, 9.17) is 10.5 Å². The van der Waals surface area contributed by atoms with Crippen LogP contribution in [0.4, 0.5) is 8.78 Å². The molecule has 84 valence electrons. The molecule has 0 aliphatic rings. The highest BCUT2D eigenvalue weighted by Gasteiger charge is 2.12. The van der Waals surface area contributed by atoms with Gasteiger partial charge in [-0.2, -0.15) is 0 Å². The first kappa shape index (κ1) is 11.9. The summed E-state index contributed by atoms with van der Waals surface area (Å²) in [7, 11) is 1.39. The van der Waals surface area contributed by atoms with E-state index in [1.807, 2.05) is 6.92 Å². The zero-order valence-corrected chi connectivity index (χ0v) is 8.89. The molecule has 0 aliphatic heterocycles. The number of benzene rings is 1. The van der Waals surface area contributed by atoms with Gasteiger partial charge in [0.25, 0.3) is 0 Å². The zero-order chi connectivity index (χ0) is 11.4. The van der Waals surface area contributed by atoms with Gasteiger partial charge in [0.2, 0.25) is 0 Å². The third-order valence-electron chi connectivity index (χ3n) is 2.19. The van der Waals surface area contributed by atoms with E-state index in [0.29, 0.717) is 18.4 Å². The minimum atomic E-state index is -0.631. The highest BCUT2D eigenvalue weighted by Crippen LogP contribution is 2.24. The van der Waals surface area contributed by atoms with Gasteiger partial charge in [0, 0.05) is 23.7 Å². The topological polar surface area (TPSA) is 35.2 Å². The summed E-state index contributed by atoms with van der Waals surface area (Å²) in [6.45, 7) is 1.84. The van der Waals surface area contributed by atoms with Crippen LogP contribution >= 0.6 is 0 Å². The maximum Gasteiger partial charge on any atom is 0.133 e. The second-order valence-corrected chi connectivity index (χ2v) is 3.58. The van der Waals surface area contributed by atoms with Crippen molar-refractivity contribution in [3.8, 4) is 5.75 Å². The summed E-state index contributed by atoms with van der Waals surface area (Å²) in [6, 6.07) is 2.03. The molecule has 1 atom stereocenters. The van der Waals surface area contributed by atoms with Gasteiger partial charge in [-0.25, -0.2) is 8.78 Å². The molecule has 2 nitrogen and oxygen atoms in total. The van der Waals surface area contributed by atoms with Crippen molar-refractivity contribution in [2.24, 2.45) is 5.73 Å². The number of halogens is 2. The molecule has 0 unspecified atom stereocenters. The van der Waals surface area contributed by atoms with Crippen molar-refractivity contribution < 1.29 is 13.5 Å². The van der Waals surface area contributed by atoms with E-state index in [1.165, 1.54) is 13.2 Å². The maximum atomic E-state index is 13.4. The lowest BCUT2D eigenvalue weighted by atomic mass is 10.0. The van der Waals surface area contributed by atoms with Crippen LogP contribution in [0.25, 0.3) is 0 Å². The molecule has 0 bridgehead atoms. The number of rotatable bonds is 4. The van der Waals surface area contributed by atoms with Gasteiger partial charge in [-0.1, -0.05) is 0 Å². The first-order valence-corrected chi connectivity index (χ1v) is 4.82. The molecular formula is C11H15F2NO. The van der Waals surface area contributed by atoms with Gasteiger partial charge in [-0.05, 0) is 19.8 Å². The fourth-order valence-corrected chi connectivity index (χ4v) is 1.38. The Morgan fingerprint density at radius 1 is 1.40 bits per heavy atom. The van der Waals surface area contributed by atoms with Gasteiger partial charge in [0.1, 0.15) is 17.4 Å². The Morgan fingerprint density at radius 2 is 2.07 bits per heavy atom. The molecule has 0 spiro atoms.